The second kappa shape index (κ2) is 16.0. The molecule has 200 valence electrons. The molecule has 0 bridgehead atoms. The van der Waals surface area contributed by atoms with Crippen LogP contribution in [0.3, 0.4) is 0 Å². The van der Waals surface area contributed by atoms with E-state index in [4.69, 9.17) is 4.74 Å². The van der Waals surface area contributed by atoms with E-state index in [0.29, 0.717) is 22.9 Å². The van der Waals surface area contributed by atoms with Gasteiger partial charge in [-0.2, -0.15) is 0 Å². The fourth-order valence-electron chi connectivity index (χ4n) is 5.73. The first-order valence-corrected chi connectivity index (χ1v) is 15.0. The molecule has 0 radical (unpaired) electrons. The summed E-state index contributed by atoms with van der Waals surface area (Å²) in [5, 5.41) is 0. The van der Waals surface area contributed by atoms with Crippen molar-refractivity contribution in [1.82, 2.24) is 4.98 Å². The number of hydrogen-bond acceptors (Lipinski definition) is 2. The van der Waals surface area contributed by atoms with Crippen molar-refractivity contribution in [1.29, 1.82) is 0 Å². The summed E-state index contributed by atoms with van der Waals surface area (Å²) in [5.74, 6) is 1.86. The fraction of sp³-hybridized carbons (Fsp3) is 0.667. The van der Waals surface area contributed by atoms with Crippen LogP contribution in [0, 0.1) is 11.7 Å². The third-order valence-electron chi connectivity index (χ3n) is 8.09. The normalized spacial score (nSPS) is 18.8. The second-order valence-electron chi connectivity index (χ2n) is 11.2. The SMILES string of the molecule is CCCCCCCC[C@H]1CC[C@H](c2ccc(-c3ccc(O[C@@H](C)CCCCCC)cc3F)nc2)CC1. The first kappa shape index (κ1) is 28.7. The third-order valence-corrected chi connectivity index (χ3v) is 8.09. The van der Waals surface area contributed by atoms with Gasteiger partial charge in [-0.05, 0) is 81.0 Å². The zero-order chi connectivity index (χ0) is 25.6. The number of rotatable bonds is 16. The smallest absolute Gasteiger partial charge is 0.136 e. The summed E-state index contributed by atoms with van der Waals surface area (Å²) in [6.45, 7) is 6.57. The number of benzene rings is 1. The number of ether oxygens (including phenoxy) is 1. The van der Waals surface area contributed by atoms with Crippen molar-refractivity contribution in [3.8, 4) is 17.0 Å². The van der Waals surface area contributed by atoms with Crippen LogP contribution in [0.2, 0.25) is 0 Å². The number of aromatic nitrogens is 1. The zero-order valence-electron chi connectivity index (χ0n) is 23.2. The van der Waals surface area contributed by atoms with Crippen LogP contribution in [0.5, 0.6) is 5.75 Å². The molecule has 1 aromatic heterocycles. The minimum Gasteiger partial charge on any atom is -0.491 e. The van der Waals surface area contributed by atoms with Crippen LogP contribution in [0.1, 0.15) is 135 Å². The Morgan fingerprint density at radius 2 is 1.56 bits per heavy atom. The number of pyridine rings is 1. The molecule has 2 nitrogen and oxygen atoms in total. The minimum absolute atomic E-state index is 0.102. The molecule has 1 aliphatic rings. The molecule has 0 saturated heterocycles. The first-order valence-electron chi connectivity index (χ1n) is 15.0. The van der Waals surface area contributed by atoms with Gasteiger partial charge in [0.15, 0.2) is 0 Å². The van der Waals surface area contributed by atoms with Crippen molar-refractivity contribution >= 4 is 0 Å². The topological polar surface area (TPSA) is 22.1 Å². The maximum atomic E-state index is 14.9. The summed E-state index contributed by atoms with van der Waals surface area (Å²) in [7, 11) is 0. The molecule has 3 heteroatoms. The molecule has 1 aromatic carbocycles. The molecule has 1 heterocycles. The quantitative estimate of drug-likeness (QED) is 0.216. The minimum atomic E-state index is -0.263. The Kier molecular flexibility index (Phi) is 12.8. The van der Waals surface area contributed by atoms with Gasteiger partial charge in [-0.25, -0.2) is 4.39 Å². The Balaban J connectivity index is 1.44. The Hall–Kier alpha value is -1.90. The van der Waals surface area contributed by atoms with E-state index in [-0.39, 0.29) is 11.9 Å². The van der Waals surface area contributed by atoms with Crippen LogP contribution in [-0.2, 0) is 0 Å². The Morgan fingerprint density at radius 3 is 2.22 bits per heavy atom. The lowest BCUT2D eigenvalue weighted by Crippen LogP contribution is -2.13. The molecule has 2 aromatic rings. The maximum Gasteiger partial charge on any atom is 0.136 e. The van der Waals surface area contributed by atoms with E-state index in [1.165, 1.54) is 102 Å². The average Bonchev–Trinajstić information content (AvgIpc) is 2.89. The van der Waals surface area contributed by atoms with E-state index >= 15 is 0 Å². The van der Waals surface area contributed by atoms with Gasteiger partial charge >= 0.3 is 0 Å². The summed E-state index contributed by atoms with van der Waals surface area (Å²) in [4.78, 5) is 4.66. The van der Waals surface area contributed by atoms with E-state index < -0.39 is 0 Å². The predicted molar refractivity (Wildman–Crippen MR) is 151 cm³/mol. The van der Waals surface area contributed by atoms with Gasteiger partial charge < -0.3 is 4.74 Å². The van der Waals surface area contributed by atoms with E-state index in [1.54, 1.807) is 0 Å². The number of hydrogen-bond donors (Lipinski definition) is 0. The molecule has 1 aliphatic carbocycles. The van der Waals surface area contributed by atoms with E-state index in [9.17, 15) is 4.39 Å². The molecular weight excluding hydrogens is 445 g/mol. The lowest BCUT2D eigenvalue weighted by molar-refractivity contribution is 0.205. The fourth-order valence-corrected chi connectivity index (χ4v) is 5.73. The molecular formula is C33H50FNO. The Labute approximate surface area is 220 Å². The molecule has 0 N–H and O–H groups in total. The second-order valence-corrected chi connectivity index (χ2v) is 11.2. The van der Waals surface area contributed by atoms with E-state index in [0.717, 1.165) is 18.8 Å². The Morgan fingerprint density at radius 1 is 0.861 bits per heavy atom. The van der Waals surface area contributed by atoms with E-state index in [2.05, 4.69) is 31.8 Å². The zero-order valence-corrected chi connectivity index (χ0v) is 23.2. The maximum absolute atomic E-state index is 14.9. The summed E-state index contributed by atoms with van der Waals surface area (Å²) >= 11 is 0. The van der Waals surface area contributed by atoms with Gasteiger partial charge in [0.25, 0.3) is 0 Å². The number of nitrogens with zero attached hydrogens (tertiary/aromatic N) is 1. The van der Waals surface area contributed by atoms with Crippen LogP contribution >= 0.6 is 0 Å². The number of halogens is 1. The lowest BCUT2D eigenvalue weighted by Gasteiger charge is -2.28. The van der Waals surface area contributed by atoms with Gasteiger partial charge in [-0.1, -0.05) is 84.1 Å². The highest BCUT2D eigenvalue weighted by Gasteiger charge is 2.22. The molecule has 0 unspecified atom stereocenters. The van der Waals surface area contributed by atoms with Gasteiger partial charge in [-0.3, -0.25) is 4.98 Å². The summed E-state index contributed by atoms with van der Waals surface area (Å²) in [5.41, 5.74) is 2.56. The summed E-state index contributed by atoms with van der Waals surface area (Å²) in [6, 6.07) is 9.36. The molecule has 0 amide bonds. The van der Waals surface area contributed by atoms with Gasteiger partial charge in [0.2, 0.25) is 0 Å². The lowest BCUT2D eigenvalue weighted by atomic mass is 9.77. The van der Waals surface area contributed by atoms with Gasteiger partial charge in [0.1, 0.15) is 11.6 Å². The monoisotopic (exact) mass is 495 g/mol. The van der Waals surface area contributed by atoms with Crippen LogP contribution in [0.15, 0.2) is 36.5 Å². The average molecular weight is 496 g/mol. The third kappa shape index (κ3) is 9.52. The summed E-state index contributed by atoms with van der Waals surface area (Å²) < 4.78 is 20.9. The van der Waals surface area contributed by atoms with Gasteiger partial charge in [0.05, 0.1) is 11.8 Å². The molecule has 0 aliphatic heterocycles. The molecule has 0 spiro atoms. The highest BCUT2D eigenvalue weighted by Crippen LogP contribution is 2.38. The molecule has 3 rings (SSSR count). The molecule has 1 fully saturated rings. The van der Waals surface area contributed by atoms with Crippen molar-refractivity contribution in [2.24, 2.45) is 5.92 Å². The standard InChI is InChI=1S/C33H50FNO/c1-4-6-8-10-11-13-15-27-16-18-28(19-17-27)29-20-23-33(35-25-29)31-22-21-30(24-32(31)34)36-26(3)14-12-9-7-5-2/h20-28H,4-19H2,1-3H3/t26-,27-,28-/m0/s1. The summed E-state index contributed by atoms with van der Waals surface area (Å²) in [6.07, 6.45) is 23.0. The number of unbranched alkanes of at least 4 members (excludes halogenated alkanes) is 8. The highest BCUT2D eigenvalue weighted by atomic mass is 19.1. The van der Waals surface area contributed by atoms with E-state index in [1.807, 2.05) is 24.4 Å². The largest absolute Gasteiger partial charge is 0.491 e. The van der Waals surface area contributed by atoms with Crippen molar-refractivity contribution < 1.29 is 9.13 Å². The van der Waals surface area contributed by atoms with Crippen molar-refractivity contribution in [2.45, 2.75) is 136 Å². The molecule has 1 atom stereocenters. The van der Waals surface area contributed by atoms with Crippen LogP contribution in [0.4, 0.5) is 4.39 Å². The van der Waals surface area contributed by atoms with Crippen molar-refractivity contribution in [2.75, 3.05) is 0 Å². The highest BCUT2D eigenvalue weighted by molar-refractivity contribution is 5.61. The van der Waals surface area contributed by atoms with Crippen molar-refractivity contribution in [3.63, 3.8) is 0 Å². The van der Waals surface area contributed by atoms with Gasteiger partial charge in [-0.15, -0.1) is 0 Å². The predicted octanol–water partition coefficient (Wildman–Crippen LogP) is 10.6. The van der Waals surface area contributed by atoms with Crippen LogP contribution in [0.25, 0.3) is 11.3 Å². The van der Waals surface area contributed by atoms with Crippen LogP contribution in [-0.4, -0.2) is 11.1 Å². The Bertz CT molecular complexity index is 856. The van der Waals surface area contributed by atoms with Crippen molar-refractivity contribution in [3.05, 3.63) is 47.9 Å². The first-order chi connectivity index (χ1) is 17.6. The van der Waals surface area contributed by atoms with Crippen LogP contribution < -0.4 is 4.74 Å². The van der Waals surface area contributed by atoms with Gasteiger partial charge in [0, 0.05) is 17.8 Å². The molecule has 1 saturated carbocycles. The molecule has 36 heavy (non-hydrogen) atoms.